The van der Waals surface area contributed by atoms with Crippen LogP contribution in [0.5, 0.6) is 0 Å². The van der Waals surface area contributed by atoms with Crippen molar-refractivity contribution in [3.05, 3.63) is 34.3 Å². The summed E-state index contributed by atoms with van der Waals surface area (Å²) in [5, 5.41) is 1.12. The molecule has 3 heteroatoms. The van der Waals surface area contributed by atoms with Gasteiger partial charge in [-0.3, -0.25) is 0 Å². The third kappa shape index (κ3) is 2.05. The van der Waals surface area contributed by atoms with E-state index in [-0.39, 0.29) is 5.41 Å². The summed E-state index contributed by atoms with van der Waals surface area (Å²) < 4.78 is 0.853. The van der Waals surface area contributed by atoms with Crippen LogP contribution in [0.1, 0.15) is 26.3 Å². The molecule has 2 N–H and O–H groups in total. The van der Waals surface area contributed by atoms with Crippen LogP contribution in [0.25, 0.3) is 10.9 Å². The SMILES string of the molecule is CC(C)(C)c1ccc2nc(N)c(Br)cc2c1. The van der Waals surface area contributed by atoms with Gasteiger partial charge in [-0.25, -0.2) is 4.98 Å². The zero-order chi connectivity index (χ0) is 11.9. The lowest BCUT2D eigenvalue weighted by molar-refractivity contribution is 0.591. The summed E-state index contributed by atoms with van der Waals surface area (Å²) in [4.78, 5) is 4.33. The molecule has 0 amide bonds. The molecular weight excluding hydrogens is 264 g/mol. The first kappa shape index (κ1) is 11.4. The van der Waals surface area contributed by atoms with Gasteiger partial charge in [0.2, 0.25) is 0 Å². The molecule has 0 fully saturated rings. The second-order valence-electron chi connectivity index (χ2n) is 5.01. The molecule has 1 aromatic carbocycles. The normalized spacial score (nSPS) is 12.0. The minimum atomic E-state index is 0.155. The molecule has 1 aromatic heterocycles. The smallest absolute Gasteiger partial charge is 0.138 e. The first-order valence-corrected chi connectivity index (χ1v) is 6.03. The summed E-state index contributed by atoms with van der Waals surface area (Å²) in [5.74, 6) is 0.538. The fourth-order valence-electron chi connectivity index (χ4n) is 1.63. The van der Waals surface area contributed by atoms with E-state index in [1.54, 1.807) is 0 Å². The van der Waals surface area contributed by atoms with E-state index >= 15 is 0 Å². The van der Waals surface area contributed by atoms with Gasteiger partial charge in [0.05, 0.1) is 9.99 Å². The Balaban J connectivity index is 2.67. The maximum Gasteiger partial charge on any atom is 0.138 e. The minimum absolute atomic E-state index is 0.155. The van der Waals surface area contributed by atoms with E-state index in [2.05, 4.69) is 53.8 Å². The predicted octanol–water partition coefficient (Wildman–Crippen LogP) is 3.88. The second kappa shape index (κ2) is 3.74. The molecule has 0 aliphatic heterocycles. The number of benzene rings is 1. The summed E-state index contributed by atoms with van der Waals surface area (Å²) in [5.41, 5.74) is 8.15. The Kier molecular flexibility index (Phi) is 2.66. The fourth-order valence-corrected chi connectivity index (χ4v) is 1.97. The van der Waals surface area contributed by atoms with Gasteiger partial charge in [-0.05, 0) is 45.1 Å². The Morgan fingerprint density at radius 3 is 2.50 bits per heavy atom. The van der Waals surface area contributed by atoms with Crippen LogP contribution >= 0.6 is 15.9 Å². The van der Waals surface area contributed by atoms with Gasteiger partial charge in [-0.2, -0.15) is 0 Å². The number of anilines is 1. The number of fused-ring (bicyclic) bond motifs is 1. The van der Waals surface area contributed by atoms with Gasteiger partial charge in [0.25, 0.3) is 0 Å². The summed E-state index contributed by atoms with van der Waals surface area (Å²) >= 11 is 3.40. The van der Waals surface area contributed by atoms with Crippen LogP contribution in [0.2, 0.25) is 0 Å². The maximum atomic E-state index is 5.75. The van der Waals surface area contributed by atoms with Crippen molar-refractivity contribution in [2.24, 2.45) is 0 Å². The number of pyridine rings is 1. The van der Waals surface area contributed by atoms with E-state index < -0.39 is 0 Å². The van der Waals surface area contributed by atoms with Crippen molar-refractivity contribution >= 4 is 32.7 Å². The van der Waals surface area contributed by atoms with Crippen molar-refractivity contribution in [1.82, 2.24) is 4.98 Å². The van der Waals surface area contributed by atoms with Crippen LogP contribution in [0.3, 0.4) is 0 Å². The largest absolute Gasteiger partial charge is 0.383 e. The van der Waals surface area contributed by atoms with Crippen molar-refractivity contribution in [3.63, 3.8) is 0 Å². The molecular formula is C13H15BrN2. The fraction of sp³-hybridized carbons (Fsp3) is 0.308. The molecule has 0 unspecified atom stereocenters. The molecule has 2 aromatic rings. The number of aromatic nitrogens is 1. The number of hydrogen-bond donors (Lipinski definition) is 1. The number of nitrogens with zero attached hydrogens (tertiary/aromatic N) is 1. The highest BCUT2D eigenvalue weighted by atomic mass is 79.9. The van der Waals surface area contributed by atoms with Crippen molar-refractivity contribution in [3.8, 4) is 0 Å². The van der Waals surface area contributed by atoms with Crippen molar-refractivity contribution < 1.29 is 0 Å². The Morgan fingerprint density at radius 2 is 1.88 bits per heavy atom. The molecule has 0 spiro atoms. The Bertz CT molecular complexity index is 541. The van der Waals surface area contributed by atoms with E-state index in [1.165, 1.54) is 5.56 Å². The molecule has 0 atom stereocenters. The van der Waals surface area contributed by atoms with Crippen molar-refractivity contribution in [1.29, 1.82) is 0 Å². The van der Waals surface area contributed by atoms with Gasteiger partial charge < -0.3 is 5.73 Å². The highest BCUT2D eigenvalue weighted by molar-refractivity contribution is 9.10. The lowest BCUT2D eigenvalue weighted by Crippen LogP contribution is -2.10. The topological polar surface area (TPSA) is 38.9 Å². The quantitative estimate of drug-likeness (QED) is 0.794. The lowest BCUT2D eigenvalue weighted by atomic mass is 9.86. The van der Waals surface area contributed by atoms with Gasteiger partial charge in [-0.15, -0.1) is 0 Å². The van der Waals surface area contributed by atoms with Crippen LogP contribution in [0.15, 0.2) is 28.7 Å². The standard InChI is InChI=1S/C13H15BrN2/c1-13(2,3)9-4-5-11-8(6-9)7-10(14)12(15)16-11/h4-7H,1-3H3,(H2,15,16). The molecule has 16 heavy (non-hydrogen) atoms. The molecule has 0 radical (unpaired) electrons. The molecule has 0 aliphatic rings. The second-order valence-corrected chi connectivity index (χ2v) is 5.87. The first-order valence-electron chi connectivity index (χ1n) is 5.24. The third-order valence-electron chi connectivity index (χ3n) is 2.66. The predicted molar refractivity (Wildman–Crippen MR) is 72.6 cm³/mol. The Labute approximate surface area is 104 Å². The summed E-state index contributed by atoms with van der Waals surface area (Å²) in [6.45, 7) is 6.61. The van der Waals surface area contributed by atoms with Gasteiger partial charge in [0.1, 0.15) is 5.82 Å². The van der Waals surface area contributed by atoms with Gasteiger partial charge in [0.15, 0.2) is 0 Å². The molecule has 2 rings (SSSR count). The molecule has 0 saturated carbocycles. The van der Waals surface area contributed by atoms with Crippen molar-refractivity contribution in [2.75, 3.05) is 5.73 Å². The molecule has 0 bridgehead atoms. The van der Waals surface area contributed by atoms with E-state index in [9.17, 15) is 0 Å². The Hall–Kier alpha value is -1.09. The van der Waals surface area contributed by atoms with Crippen LogP contribution in [-0.2, 0) is 5.41 Å². The number of nitrogen functional groups attached to an aromatic ring is 1. The molecule has 1 heterocycles. The van der Waals surface area contributed by atoms with Crippen LogP contribution < -0.4 is 5.73 Å². The highest BCUT2D eigenvalue weighted by Crippen LogP contribution is 2.28. The molecule has 0 aliphatic carbocycles. The number of halogens is 1. The number of nitrogens with two attached hydrogens (primary N) is 1. The van der Waals surface area contributed by atoms with Crippen LogP contribution in [0.4, 0.5) is 5.82 Å². The van der Waals surface area contributed by atoms with Gasteiger partial charge in [-0.1, -0.05) is 26.8 Å². The van der Waals surface area contributed by atoms with Crippen LogP contribution in [-0.4, -0.2) is 4.98 Å². The zero-order valence-electron chi connectivity index (χ0n) is 9.71. The van der Waals surface area contributed by atoms with Gasteiger partial charge >= 0.3 is 0 Å². The third-order valence-corrected chi connectivity index (χ3v) is 3.30. The average molecular weight is 279 g/mol. The zero-order valence-corrected chi connectivity index (χ0v) is 11.3. The van der Waals surface area contributed by atoms with Crippen molar-refractivity contribution in [2.45, 2.75) is 26.2 Å². The lowest BCUT2D eigenvalue weighted by Gasteiger charge is -2.19. The molecule has 2 nitrogen and oxygen atoms in total. The van der Waals surface area contributed by atoms with Gasteiger partial charge in [0, 0.05) is 5.39 Å². The van der Waals surface area contributed by atoms with E-state index in [4.69, 9.17) is 5.73 Å². The molecule has 84 valence electrons. The van der Waals surface area contributed by atoms with E-state index in [0.29, 0.717) is 5.82 Å². The van der Waals surface area contributed by atoms with E-state index in [1.807, 2.05) is 12.1 Å². The summed E-state index contributed by atoms with van der Waals surface area (Å²) in [6, 6.07) is 8.33. The number of rotatable bonds is 0. The first-order chi connectivity index (χ1) is 7.38. The number of hydrogen-bond acceptors (Lipinski definition) is 2. The summed E-state index contributed by atoms with van der Waals surface area (Å²) in [7, 11) is 0. The molecule has 0 saturated heterocycles. The average Bonchev–Trinajstić information content (AvgIpc) is 2.17. The highest BCUT2D eigenvalue weighted by Gasteiger charge is 2.14. The maximum absolute atomic E-state index is 5.75. The minimum Gasteiger partial charge on any atom is -0.383 e. The summed E-state index contributed by atoms with van der Waals surface area (Å²) in [6.07, 6.45) is 0. The monoisotopic (exact) mass is 278 g/mol. The van der Waals surface area contributed by atoms with E-state index in [0.717, 1.165) is 15.4 Å². The Morgan fingerprint density at radius 1 is 1.19 bits per heavy atom. The van der Waals surface area contributed by atoms with Crippen LogP contribution in [0, 0.1) is 0 Å².